The number of rotatable bonds is 2. The number of phenolic OH excluding ortho intramolecular Hbond substituents is 1. The number of hydrogen-bond acceptors (Lipinski definition) is 1. The molecule has 2 rings (SSSR count). The highest BCUT2D eigenvalue weighted by atomic mass is 79.9. The molecule has 0 fully saturated rings. The zero-order chi connectivity index (χ0) is 10.8. The van der Waals surface area contributed by atoms with Gasteiger partial charge < -0.3 is 5.11 Å². The van der Waals surface area contributed by atoms with Crippen LogP contribution in [0.1, 0.15) is 5.56 Å². The third kappa shape index (κ3) is 1.97. The van der Waals surface area contributed by atoms with E-state index in [-0.39, 0.29) is 12.4 Å². The normalized spacial score (nSPS) is 10.8. The van der Waals surface area contributed by atoms with Crippen molar-refractivity contribution >= 4 is 26.7 Å². The Morgan fingerprint density at radius 3 is 2.80 bits per heavy atom. The molecule has 2 aromatic rings. The van der Waals surface area contributed by atoms with Crippen LogP contribution in [-0.4, -0.2) is 11.8 Å². The lowest BCUT2D eigenvalue weighted by Crippen LogP contribution is -1.89. The summed E-state index contributed by atoms with van der Waals surface area (Å²) in [5, 5.41) is 11.3. The molecule has 0 spiro atoms. The molecular formula is C12H10BrFO. The summed E-state index contributed by atoms with van der Waals surface area (Å²) in [5.74, 6) is 0.215. The molecular weight excluding hydrogens is 259 g/mol. The van der Waals surface area contributed by atoms with Gasteiger partial charge in [-0.25, -0.2) is 0 Å². The van der Waals surface area contributed by atoms with Crippen molar-refractivity contribution in [2.75, 3.05) is 6.67 Å². The van der Waals surface area contributed by atoms with Crippen molar-refractivity contribution in [2.45, 2.75) is 6.42 Å². The van der Waals surface area contributed by atoms with Crippen LogP contribution in [0.5, 0.6) is 5.75 Å². The Bertz CT molecular complexity index is 496. The summed E-state index contributed by atoms with van der Waals surface area (Å²) in [4.78, 5) is 0. The molecule has 0 aliphatic heterocycles. The zero-order valence-corrected chi connectivity index (χ0v) is 9.59. The van der Waals surface area contributed by atoms with Crippen LogP contribution in [0.15, 0.2) is 34.8 Å². The van der Waals surface area contributed by atoms with E-state index in [1.54, 1.807) is 12.1 Å². The molecule has 1 N–H and O–H groups in total. The molecule has 0 bridgehead atoms. The van der Waals surface area contributed by atoms with E-state index in [9.17, 15) is 9.50 Å². The minimum absolute atomic E-state index is 0.215. The molecule has 0 aliphatic rings. The average Bonchev–Trinajstić information content (AvgIpc) is 2.17. The van der Waals surface area contributed by atoms with Crippen LogP contribution in [0.4, 0.5) is 4.39 Å². The van der Waals surface area contributed by atoms with Crippen LogP contribution < -0.4 is 0 Å². The molecule has 15 heavy (non-hydrogen) atoms. The van der Waals surface area contributed by atoms with Gasteiger partial charge in [0.05, 0.1) is 6.67 Å². The summed E-state index contributed by atoms with van der Waals surface area (Å²) in [6.07, 6.45) is 0.403. The minimum Gasteiger partial charge on any atom is -0.508 e. The Kier molecular flexibility index (Phi) is 2.91. The number of hydrogen-bond donors (Lipinski definition) is 1. The molecule has 2 aromatic carbocycles. The largest absolute Gasteiger partial charge is 0.508 e. The first-order chi connectivity index (χ1) is 7.22. The lowest BCUT2D eigenvalue weighted by Gasteiger charge is -2.07. The number of halogens is 2. The molecule has 78 valence electrons. The van der Waals surface area contributed by atoms with Gasteiger partial charge in [0.2, 0.25) is 0 Å². The van der Waals surface area contributed by atoms with Crippen molar-refractivity contribution in [1.82, 2.24) is 0 Å². The molecule has 0 aromatic heterocycles. The van der Waals surface area contributed by atoms with Crippen molar-refractivity contribution in [3.63, 3.8) is 0 Å². The summed E-state index contributed by atoms with van der Waals surface area (Å²) in [6, 6.07) is 9.00. The van der Waals surface area contributed by atoms with Crippen LogP contribution >= 0.6 is 15.9 Å². The van der Waals surface area contributed by atoms with Crippen LogP contribution in [0.25, 0.3) is 10.8 Å². The van der Waals surface area contributed by atoms with Crippen molar-refractivity contribution in [2.24, 2.45) is 0 Å². The minimum atomic E-state index is -0.369. The quantitative estimate of drug-likeness (QED) is 0.878. The van der Waals surface area contributed by atoms with Gasteiger partial charge in [-0.2, -0.15) is 0 Å². The Balaban J connectivity index is 2.73. The number of aromatic hydroxyl groups is 1. The highest BCUT2D eigenvalue weighted by Crippen LogP contribution is 2.31. The first-order valence-corrected chi connectivity index (χ1v) is 5.48. The molecule has 0 amide bonds. The van der Waals surface area contributed by atoms with E-state index in [0.717, 1.165) is 20.8 Å². The third-order valence-electron chi connectivity index (χ3n) is 2.36. The van der Waals surface area contributed by atoms with Gasteiger partial charge in [0, 0.05) is 10.9 Å². The predicted molar refractivity (Wildman–Crippen MR) is 63.0 cm³/mol. The van der Waals surface area contributed by atoms with Gasteiger partial charge in [0.1, 0.15) is 5.75 Å². The van der Waals surface area contributed by atoms with Gasteiger partial charge in [0.15, 0.2) is 0 Å². The van der Waals surface area contributed by atoms with Gasteiger partial charge in [-0.05, 0) is 28.5 Å². The summed E-state index contributed by atoms with van der Waals surface area (Å²) >= 11 is 3.39. The fourth-order valence-electron chi connectivity index (χ4n) is 1.74. The Morgan fingerprint density at radius 1 is 1.27 bits per heavy atom. The number of phenols is 1. The second-order valence-electron chi connectivity index (χ2n) is 3.38. The van der Waals surface area contributed by atoms with Gasteiger partial charge >= 0.3 is 0 Å². The first-order valence-electron chi connectivity index (χ1n) is 4.68. The van der Waals surface area contributed by atoms with E-state index in [2.05, 4.69) is 15.9 Å². The lowest BCUT2D eigenvalue weighted by molar-refractivity contribution is 0.476. The summed E-state index contributed by atoms with van der Waals surface area (Å²) in [5.41, 5.74) is 0.960. The molecule has 0 unspecified atom stereocenters. The average molecular weight is 269 g/mol. The second kappa shape index (κ2) is 4.19. The Labute approximate surface area is 95.7 Å². The second-order valence-corrected chi connectivity index (χ2v) is 4.24. The number of benzene rings is 2. The molecule has 0 saturated carbocycles. The maximum atomic E-state index is 12.4. The van der Waals surface area contributed by atoms with Gasteiger partial charge in [-0.1, -0.05) is 34.1 Å². The van der Waals surface area contributed by atoms with E-state index >= 15 is 0 Å². The van der Waals surface area contributed by atoms with Crippen LogP contribution in [0.3, 0.4) is 0 Å². The first kappa shape index (κ1) is 10.4. The molecule has 0 radical (unpaired) electrons. The standard InChI is InChI=1S/C12H10BrFO/c13-11-7-10(15)6-9-3-1-2-8(4-5-14)12(9)11/h1-3,6-7,15H,4-5H2. The molecule has 0 atom stereocenters. The van der Waals surface area contributed by atoms with E-state index in [4.69, 9.17) is 0 Å². The summed E-state index contributed by atoms with van der Waals surface area (Å²) in [7, 11) is 0. The maximum absolute atomic E-state index is 12.4. The van der Waals surface area contributed by atoms with E-state index < -0.39 is 0 Å². The van der Waals surface area contributed by atoms with Crippen molar-refractivity contribution in [3.8, 4) is 5.75 Å². The number of fused-ring (bicyclic) bond motifs is 1. The van der Waals surface area contributed by atoms with E-state index in [1.807, 2.05) is 18.2 Å². The highest BCUT2D eigenvalue weighted by molar-refractivity contribution is 9.10. The van der Waals surface area contributed by atoms with Gasteiger partial charge in [-0.3, -0.25) is 4.39 Å². The Hall–Kier alpha value is -1.09. The molecule has 1 nitrogen and oxygen atoms in total. The summed E-state index contributed by atoms with van der Waals surface area (Å²) < 4.78 is 13.2. The van der Waals surface area contributed by atoms with Crippen LogP contribution in [-0.2, 0) is 6.42 Å². The molecule has 3 heteroatoms. The molecule has 0 saturated heterocycles. The topological polar surface area (TPSA) is 20.2 Å². The van der Waals surface area contributed by atoms with Crippen molar-refractivity contribution in [1.29, 1.82) is 0 Å². The SMILES string of the molecule is Oc1cc(Br)c2c(CCF)cccc2c1. The molecule has 0 aliphatic carbocycles. The Morgan fingerprint density at radius 2 is 2.07 bits per heavy atom. The van der Waals surface area contributed by atoms with Crippen LogP contribution in [0.2, 0.25) is 0 Å². The lowest BCUT2D eigenvalue weighted by atomic mass is 10.0. The highest BCUT2D eigenvalue weighted by Gasteiger charge is 2.06. The van der Waals surface area contributed by atoms with Crippen molar-refractivity contribution < 1.29 is 9.50 Å². The number of alkyl halides is 1. The fourth-order valence-corrected chi connectivity index (χ4v) is 2.46. The fraction of sp³-hybridized carbons (Fsp3) is 0.167. The smallest absolute Gasteiger partial charge is 0.117 e. The van der Waals surface area contributed by atoms with Crippen molar-refractivity contribution in [3.05, 3.63) is 40.4 Å². The number of aryl methyl sites for hydroxylation is 1. The zero-order valence-electron chi connectivity index (χ0n) is 8.00. The predicted octanol–water partition coefficient (Wildman–Crippen LogP) is 3.82. The third-order valence-corrected chi connectivity index (χ3v) is 2.99. The molecule has 0 heterocycles. The summed E-state index contributed by atoms with van der Waals surface area (Å²) in [6.45, 7) is -0.369. The monoisotopic (exact) mass is 268 g/mol. The maximum Gasteiger partial charge on any atom is 0.117 e. The van der Waals surface area contributed by atoms with Gasteiger partial charge in [-0.15, -0.1) is 0 Å². The van der Waals surface area contributed by atoms with E-state index in [0.29, 0.717) is 6.42 Å². The van der Waals surface area contributed by atoms with Crippen LogP contribution in [0, 0.1) is 0 Å². The van der Waals surface area contributed by atoms with Gasteiger partial charge in [0.25, 0.3) is 0 Å². The van der Waals surface area contributed by atoms with E-state index in [1.165, 1.54) is 0 Å².